The number of rotatable bonds is 3. The molecule has 0 spiro atoms. The molecule has 70 valence electrons. The maximum atomic E-state index is 8.77. The number of hydrogen-bond acceptors (Lipinski definition) is 4. The summed E-state index contributed by atoms with van der Waals surface area (Å²) in [6, 6.07) is 5.86. The summed E-state index contributed by atoms with van der Waals surface area (Å²) in [5.74, 6) is 0. The number of nitrogens with zero attached hydrogens (tertiary/aromatic N) is 3. The van der Waals surface area contributed by atoms with Gasteiger partial charge in [0.1, 0.15) is 6.07 Å². The zero-order valence-electron chi connectivity index (χ0n) is 7.86. The molecular weight excluding hydrogens is 176 g/mol. The van der Waals surface area contributed by atoms with Crippen molar-refractivity contribution in [1.82, 2.24) is 4.98 Å². The van der Waals surface area contributed by atoms with Crippen LogP contribution in [0.25, 0.3) is 0 Å². The molecule has 0 amide bonds. The van der Waals surface area contributed by atoms with Gasteiger partial charge in [0.15, 0.2) is 0 Å². The predicted octanol–water partition coefficient (Wildman–Crippen LogP) is 1.67. The van der Waals surface area contributed by atoms with Crippen molar-refractivity contribution in [2.45, 2.75) is 19.4 Å². The number of nitriles is 2. The number of anilines is 1. The van der Waals surface area contributed by atoms with Gasteiger partial charge in [0.05, 0.1) is 23.7 Å². The van der Waals surface area contributed by atoms with E-state index in [1.54, 1.807) is 12.3 Å². The second-order valence-electron chi connectivity index (χ2n) is 2.94. The van der Waals surface area contributed by atoms with E-state index in [0.717, 1.165) is 5.69 Å². The van der Waals surface area contributed by atoms with Gasteiger partial charge in [0.25, 0.3) is 0 Å². The van der Waals surface area contributed by atoms with E-state index in [2.05, 4.69) is 16.4 Å². The van der Waals surface area contributed by atoms with Gasteiger partial charge in [-0.3, -0.25) is 4.98 Å². The van der Waals surface area contributed by atoms with Gasteiger partial charge in [-0.15, -0.1) is 0 Å². The second-order valence-corrected chi connectivity index (χ2v) is 2.94. The van der Waals surface area contributed by atoms with Gasteiger partial charge >= 0.3 is 0 Å². The van der Waals surface area contributed by atoms with Crippen molar-refractivity contribution in [1.29, 1.82) is 10.5 Å². The number of aromatic nitrogens is 1. The Hall–Kier alpha value is -2.07. The van der Waals surface area contributed by atoms with Gasteiger partial charge in [-0.05, 0) is 13.0 Å². The van der Waals surface area contributed by atoms with Crippen LogP contribution in [0.3, 0.4) is 0 Å². The third kappa shape index (κ3) is 2.46. The maximum Gasteiger partial charge on any atom is 0.103 e. The van der Waals surface area contributed by atoms with Crippen molar-refractivity contribution < 1.29 is 0 Å². The van der Waals surface area contributed by atoms with Gasteiger partial charge < -0.3 is 5.32 Å². The molecule has 1 unspecified atom stereocenters. The first-order chi connectivity index (χ1) is 6.77. The number of pyridine rings is 1. The van der Waals surface area contributed by atoms with E-state index in [0.29, 0.717) is 12.0 Å². The third-order valence-electron chi connectivity index (χ3n) is 1.74. The monoisotopic (exact) mass is 186 g/mol. The van der Waals surface area contributed by atoms with Crippen molar-refractivity contribution in [2.75, 3.05) is 5.32 Å². The molecule has 0 saturated heterocycles. The largest absolute Gasteiger partial charge is 0.380 e. The van der Waals surface area contributed by atoms with Crippen molar-refractivity contribution in [3.05, 3.63) is 24.0 Å². The third-order valence-corrected chi connectivity index (χ3v) is 1.74. The highest BCUT2D eigenvalue weighted by Crippen LogP contribution is 2.13. The molecule has 0 aromatic carbocycles. The van der Waals surface area contributed by atoms with Crippen LogP contribution in [0.15, 0.2) is 18.5 Å². The molecule has 0 aliphatic rings. The number of nitrogens with one attached hydrogen (secondary N) is 1. The molecule has 1 atom stereocenters. The summed E-state index contributed by atoms with van der Waals surface area (Å²) in [6.45, 7) is 1.89. The van der Waals surface area contributed by atoms with Crippen molar-refractivity contribution in [3.63, 3.8) is 0 Å². The molecule has 0 bridgehead atoms. The molecule has 4 nitrogen and oxygen atoms in total. The lowest BCUT2D eigenvalue weighted by molar-refractivity contribution is 0.820. The normalized spacial score (nSPS) is 11.1. The first-order valence-corrected chi connectivity index (χ1v) is 4.25. The van der Waals surface area contributed by atoms with E-state index in [4.69, 9.17) is 10.5 Å². The summed E-state index contributed by atoms with van der Waals surface area (Å²) in [5.41, 5.74) is 1.22. The maximum absolute atomic E-state index is 8.77. The fraction of sp³-hybridized carbons (Fsp3) is 0.300. The predicted molar refractivity (Wildman–Crippen MR) is 52.3 cm³/mol. The van der Waals surface area contributed by atoms with Crippen LogP contribution in [-0.2, 0) is 0 Å². The fourth-order valence-electron chi connectivity index (χ4n) is 1.06. The lowest BCUT2D eigenvalue weighted by Crippen LogP contribution is -2.14. The van der Waals surface area contributed by atoms with Gasteiger partial charge in [0, 0.05) is 18.4 Å². The molecule has 0 saturated carbocycles. The zero-order chi connectivity index (χ0) is 10.4. The molecule has 14 heavy (non-hydrogen) atoms. The highest BCUT2D eigenvalue weighted by Gasteiger charge is 2.04. The summed E-state index contributed by atoms with van der Waals surface area (Å²) < 4.78 is 0. The summed E-state index contributed by atoms with van der Waals surface area (Å²) in [4.78, 5) is 3.84. The second kappa shape index (κ2) is 4.84. The van der Waals surface area contributed by atoms with E-state index in [9.17, 15) is 0 Å². The minimum absolute atomic E-state index is 0.0366. The van der Waals surface area contributed by atoms with Crippen LogP contribution in [0.5, 0.6) is 0 Å². The number of hydrogen-bond donors (Lipinski definition) is 1. The molecule has 0 aliphatic heterocycles. The van der Waals surface area contributed by atoms with Crippen LogP contribution in [0.4, 0.5) is 5.69 Å². The summed E-state index contributed by atoms with van der Waals surface area (Å²) in [7, 11) is 0. The van der Waals surface area contributed by atoms with Crippen LogP contribution in [0, 0.1) is 22.7 Å². The van der Waals surface area contributed by atoms with Gasteiger partial charge in [-0.25, -0.2) is 0 Å². The quantitative estimate of drug-likeness (QED) is 0.779. The van der Waals surface area contributed by atoms with Crippen LogP contribution in [-0.4, -0.2) is 11.0 Å². The summed E-state index contributed by atoms with van der Waals surface area (Å²) in [5, 5.41) is 20.3. The Balaban J connectivity index is 2.77. The van der Waals surface area contributed by atoms with Gasteiger partial charge in [-0.1, -0.05) is 0 Å². The Morgan fingerprint density at radius 2 is 2.36 bits per heavy atom. The Kier molecular flexibility index (Phi) is 3.46. The molecule has 1 heterocycles. The minimum Gasteiger partial charge on any atom is -0.380 e. The summed E-state index contributed by atoms with van der Waals surface area (Å²) in [6.07, 6.45) is 3.52. The van der Waals surface area contributed by atoms with E-state index in [1.807, 2.05) is 13.0 Å². The van der Waals surface area contributed by atoms with Gasteiger partial charge in [0.2, 0.25) is 0 Å². The van der Waals surface area contributed by atoms with E-state index < -0.39 is 0 Å². The van der Waals surface area contributed by atoms with Crippen LogP contribution in [0.2, 0.25) is 0 Å². The zero-order valence-corrected chi connectivity index (χ0v) is 7.86. The van der Waals surface area contributed by atoms with E-state index in [-0.39, 0.29) is 6.04 Å². The fourth-order valence-corrected chi connectivity index (χ4v) is 1.06. The van der Waals surface area contributed by atoms with E-state index >= 15 is 0 Å². The van der Waals surface area contributed by atoms with Crippen LogP contribution in [0.1, 0.15) is 18.9 Å². The Morgan fingerprint density at radius 3 is 3.00 bits per heavy atom. The topological polar surface area (TPSA) is 72.5 Å². The molecule has 1 rings (SSSR count). The highest BCUT2D eigenvalue weighted by molar-refractivity contribution is 5.56. The Morgan fingerprint density at radius 1 is 1.57 bits per heavy atom. The first kappa shape index (κ1) is 10.0. The van der Waals surface area contributed by atoms with Crippen molar-refractivity contribution >= 4 is 5.69 Å². The van der Waals surface area contributed by atoms with Gasteiger partial charge in [-0.2, -0.15) is 10.5 Å². The molecule has 1 aromatic heterocycles. The average molecular weight is 186 g/mol. The average Bonchev–Trinajstić information content (AvgIpc) is 2.19. The Labute approximate surface area is 82.8 Å². The SMILES string of the molecule is CC(CC#N)Nc1ccncc1C#N. The minimum atomic E-state index is 0.0366. The smallest absolute Gasteiger partial charge is 0.103 e. The van der Waals surface area contributed by atoms with Crippen molar-refractivity contribution in [3.8, 4) is 12.1 Å². The molecule has 0 fully saturated rings. The molecular formula is C10H10N4. The lowest BCUT2D eigenvalue weighted by atomic mass is 10.2. The van der Waals surface area contributed by atoms with Crippen LogP contribution < -0.4 is 5.32 Å². The molecule has 0 radical (unpaired) electrons. The molecule has 1 aromatic rings. The van der Waals surface area contributed by atoms with Crippen LogP contribution >= 0.6 is 0 Å². The van der Waals surface area contributed by atoms with Crippen molar-refractivity contribution in [2.24, 2.45) is 0 Å². The lowest BCUT2D eigenvalue weighted by Gasteiger charge is -2.12. The Bertz CT molecular complexity index is 386. The standard InChI is InChI=1S/C10H10N4/c1-8(2-4-11)14-10-3-5-13-7-9(10)6-12/h3,5,7-8H,2H2,1H3,(H,13,14). The highest BCUT2D eigenvalue weighted by atomic mass is 14.9. The first-order valence-electron chi connectivity index (χ1n) is 4.25. The molecule has 1 N–H and O–H groups in total. The van der Waals surface area contributed by atoms with E-state index in [1.165, 1.54) is 6.20 Å². The molecule has 0 aliphatic carbocycles. The summed E-state index contributed by atoms with van der Waals surface area (Å²) >= 11 is 0. The molecule has 4 heteroatoms.